The lowest BCUT2D eigenvalue weighted by Gasteiger charge is -2.45. The summed E-state index contributed by atoms with van der Waals surface area (Å²) in [5, 5.41) is 6.16. The van der Waals surface area contributed by atoms with Gasteiger partial charge < -0.3 is 29.0 Å². The molecular weight excluding hydrogens is 500 g/mol. The standard InChI is InChI=1S/C25H40N4O9/c1-16(30)28-22-24(36-18(3)32)23(35-17(2)31)20(15-27-29-26)38-25(22)34-14-10-6-9-13-21(33)37-19-11-7-4-5-8-12-19/h19-20,22-25H,4-15H2,1-3H3,(H,28,30). The predicted molar refractivity (Wildman–Crippen MR) is 133 cm³/mol. The SMILES string of the molecule is CC(=O)NC1C(OCCCCCC(=O)OC2CCCCCC2)OC(CN=[N+]=[N-])C(OC(C)=O)C1OC(C)=O. The van der Waals surface area contributed by atoms with Crippen molar-refractivity contribution in [1.82, 2.24) is 5.32 Å². The van der Waals surface area contributed by atoms with Gasteiger partial charge in [-0.1, -0.05) is 24.4 Å². The lowest BCUT2D eigenvalue weighted by Crippen LogP contribution is -2.66. The van der Waals surface area contributed by atoms with Crippen molar-refractivity contribution in [2.75, 3.05) is 13.2 Å². The van der Waals surface area contributed by atoms with E-state index in [-0.39, 0.29) is 25.2 Å². The van der Waals surface area contributed by atoms with Gasteiger partial charge >= 0.3 is 17.9 Å². The van der Waals surface area contributed by atoms with Crippen LogP contribution in [0.4, 0.5) is 0 Å². The number of hydrogen-bond acceptors (Lipinski definition) is 10. The number of ether oxygens (including phenoxy) is 5. The largest absolute Gasteiger partial charge is 0.462 e. The van der Waals surface area contributed by atoms with Crippen LogP contribution < -0.4 is 5.32 Å². The summed E-state index contributed by atoms with van der Waals surface area (Å²) in [5.74, 6) is -1.95. The summed E-state index contributed by atoms with van der Waals surface area (Å²) >= 11 is 0. The molecule has 0 aromatic heterocycles. The van der Waals surface area contributed by atoms with E-state index in [9.17, 15) is 19.2 Å². The number of nitrogens with one attached hydrogen (secondary N) is 1. The zero-order chi connectivity index (χ0) is 27.9. The molecule has 5 atom stereocenters. The first-order valence-corrected chi connectivity index (χ1v) is 13.3. The lowest BCUT2D eigenvalue weighted by molar-refractivity contribution is -0.269. The smallest absolute Gasteiger partial charge is 0.306 e. The fourth-order valence-corrected chi connectivity index (χ4v) is 4.72. The van der Waals surface area contributed by atoms with Crippen molar-refractivity contribution in [2.45, 2.75) is 122 Å². The Kier molecular flexibility index (Phi) is 13.9. The zero-order valence-electron chi connectivity index (χ0n) is 22.5. The molecule has 13 nitrogen and oxygen atoms in total. The van der Waals surface area contributed by atoms with Gasteiger partial charge in [0.25, 0.3) is 0 Å². The second-order valence-electron chi connectivity index (χ2n) is 9.62. The van der Waals surface area contributed by atoms with Crippen molar-refractivity contribution in [2.24, 2.45) is 5.11 Å². The van der Waals surface area contributed by atoms with Gasteiger partial charge in [0.05, 0.1) is 6.54 Å². The van der Waals surface area contributed by atoms with Gasteiger partial charge in [-0.15, -0.1) is 0 Å². The van der Waals surface area contributed by atoms with Gasteiger partial charge in [0.1, 0.15) is 18.2 Å². The highest BCUT2D eigenvalue weighted by Gasteiger charge is 2.50. The second-order valence-corrected chi connectivity index (χ2v) is 9.62. The van der Waals surface area contributed by atoms with Crippen LogP contribution in [0.3, 0.4) is 0 Å². The summed E-state index contributed by atoms with van der Waals surface area (Å²) < 4.78 is 28.2. The molecule has 1 aliphatic heterocycles. The van der Waals surface area contributed by atoms with Crippen molar-refractivity contribution < 1.29 is 42.9 Å². The van der Waals surface area contributed by atoms with Crippen molar-refractivity contribution in [3.63, 3.8) is 0 Å². The van der Waals surface area contributed by atoms with Crippen molar-refractivity contribution >= 4 is 23.8 Å². The van der Waals surface area contributed by atoms with Crippen LogP contribution in [0, 0.1) is 0 Å². The molecule has 1 aliphatic carbocycles. The average Bonchev–Trinajstić information content (AvgIpc) is 3.11. The summed E-state index contributed by atoms with van der Waals surface area (Å²) in [6, 6.07) is -0.988. The predicted octanol–water partition coefficient (Wildman–Crippen LogP) is 3.23. The molecule has 0 aromatic carbocycles. The molecule has 0 spiro atoms. The topological polar surface area (TPSA) is 175 Å². The summed E-state index contributed by atoms with van der Waals surface area (Å²) in [5.41, 5.74) is 8.77. The number of unbranched alkanes of at least 4 members (excludes halogenated alkanes) is 2. The quantitative estimate of drug-likeness (QED) is 0.0699. The van der Waals surface area contributed by atoms with E-state index < -0.39 is 48.5 Å². The van der Waals surface area contributed by atoms with E-state index in [4.69, 9.17) is 29.2 Å². The van der Waals surface area contributed by atoms with Crippen molar-refractivity contribution in [3.05, 3.63) is 10.4 Å². The molecule has 38 heavy (non-hydrogen) atoms. The number of rotatable bonds is 13. The molecule has 214 valence electrons. The molecule has 1 amide bonds. The molecule has 0 aromatic rings. The van der Waals surface area contributed by atoms with Crippen molar-refractivity contribution in [3.8, 4) is 0 Å². The highest BCUT2D eigenvalue weighted by atomic mass is 16.7. The molecule has 13 heteroatoms. The Morgan fingerprint density at radius 2 is 1.58 bits per heavy atom. The molecule has 2 rings (SSSR count). The van der Waals surface area contributed by atoms with E-state index in [2.05, 4.69) is 15.3 Å². The highest BCUT2D eigenvalue weighted by Crippen LogP contribution is 2.28. The minimum absolute atomic E-state index is 0.0294. The summed E-state index contributed by atoms with van der Waals surface area (Å²) in [4.78, 5) is 50.4. The number of esters is 3. The van der Waals surface area contributed by atoms with Crippen LogP contribution in [0.5, 0.6) is 0 Å². The third-order valence-electron chi connectivity index (χ3n) is 6.35. The maximum Gasteiger partial charge on any atom is 0.306 e. The Morgan fingerprint density at radius 1 is 0.921 bits per heavy atom. The summed E-state index contributed by atoms with van der Waals surface area (Å²) in [6.07, 6.45) is 4.41. The number of azide groups is 1. The molecule has 1 saturated carbocycles. The van der Waals surface area contributed by atoms with E-state index in [1.807, 2.05) is 0 Å². The van der Waals surface area contributed by atoms with E-state index in [1.165, 1.54) is 33.6 Å². The fourth-order valence-electron chi connectivity index (χ4n) is 4.72. The number of carbonyl (C=O) groups excluding carboxylic acids is 4. The molecule has 2 aliphatic rings. The Labute approximate surface area is 222 Å². The lowest BCUT2D eigenvalue weighted by atomic mass is 9.95. The Balaban J connectivity index is 1.94. The van der Waals surface area contributed by atoms with Crippen LogP contribution in [-0.2, 0) is 42.9 Å². The van der Waals surface area contributed by atoms with Crippen LogP contribution in [0.15, 0.2) is 5.11 Å². The third-order valence-corrected chi connectivity index (χ3v) is 6.35. The molecule has 1 N–H and O–H groups in total. The summed E-state index contributed by atoms with van der Waals surface area (Å²) in [6.45, 7) is 3.64. The molecule has 1 saturated heterocycles. The monoisotopic (exact) mass is 540 g/mol. The van der Waals surface area contributed by atoms with Crippen LogP contribution in [0.1, 0.15) is 85.0 Å². The van der Waals surface area contributed by atoms with Crippen LogP contribution in [-0.4, -0.2) is 73.7 Å². The Hall–Kier alpha value is -2.89. The molecule has 1 heterocycles. The van der Waals surface area contributed by atoms with E-state index in [1.54, 1.807) is 0 Å². The number of carbonyl (C=O) groups is 4. The summed E-state index contributed by atoms with van der Waals surface area (Å²) in [7, 11) is 0. The highest BCUT2D eigenvalue weighted by molar-refractivity contribution is 5.73. The van der Waals surface area contributed by atoms with Gasteiger partial charge in [0.2, 0.25) is 5.91 Å². The first-order valence-electron chi connectivity index (χ1n) is 13.3. The number of hydrogen-bond donors (Lipinski definition) is 1. The van der Waals surface area contributed by atoms with Gasteiger partial charge in [-0.2, -0.15) is 0 Å². The van der Waals surface area contributed by atoms with Gasteiger partial charge in [0.15, 0.2) is 18.5 Å². The van der Waals surface area contributed by atoms with E-state index >= 15 is 0 Å². The zero-order valence-corrected chi connectivity index (χ0v) is 22.5. The van der Waals surface area contributed by atoms with E-state index in [0.29, 0.717) is 25.7 Å². The number of nitrogens with zero attached hydrogens (tertiary/aromatic N) is 3. The van der Waals surface area contributed by atoms with Crippen LogP contribution >= 0.6 is 0 Å². The molecule has 0 radical (unpaired) electrons. The maximum atomic E-state index is 12.2. The van der Waals surface area contributed by atoms with Crippen LogP contribution in [0.25, 0.3) is 10.4 Å². The van der Waals surface area contributed by atoms with Gasteiger partial charge in [-0.25, -0.2) is 0 Å². The minimum Gasteiger partial charge on any atom is -0.462 e. The Bertz CT molecular complexity index is 841. The molecule has 2 fully saturated rings. The first kappa shape index (κ1) is 31.3. The fraction of sp³-hybridized carbons (Fsp3) is 0.840. The van der Waals surface area contributed by atoms with Gasteiger partial charge in [-0.05, 0) is 44.1 Å². The first-order chi connectivity index (χ1) is 18.2. The van der Waals surface area contributed by atoms with Gasteiger partial charge in [-0.3, -0.25) is 19.2 Å². The van der Waals surface area contributed by atoms with Crippen LogP contribution in [0.2, 0.25) is 0 Å². The third kappa shape index (κ3) is 11.2. The molecular formula is C25H40N4O9. The van der Waals surface area contributed by atoms with Gasteiger partial charge in [0, 0.05) is 38.7 Å². The maximum absolute atomic E-state index is 12.2. The minimum atomic E-state index is -1.14. The van der Waals surface area contributed by atoms with Crippen molar-refractivity contribution in [1.29, 1.82) is 0 Å². The normalized spacial score (nSPS) is 25.8. The second kappa shape index (κ2) is 16.8. The van der Waals surface area contributed by atoms with E-state index in [0.717, 1.165) is 25.7 Å². The number of amides is 1. The molecule has 0 bridgehead atoms. The average molecular weight is 541 g/mol. The molecule has 5 unspecified atom stereocenters. The Morgan fingerprint density at radius 3 is 2.18 bits per heavy atom.